The van der Waals surface area contributed by atoms with Gasteiger partial charge in [-0.1, -0.05) is 42.5 Å². The first-order chi connectivity index (χ1) is 11.6. The number of carboxylic acids is 1. The largest absolute Gasteiger partial charge is 0.481 e. The number of benzene rings is 2. The summed E-state index contributed by atoms with van der Waals surface area (Å²) in [6.07, 6.45) is 2.60. The minimum absolute atomic E-state index is 0. The second-order valence-corrected chi connectivity index (χ2v) is 6.49. The van der Waals surface area contributed by atoms with E-state index in [2.05, 4.69) is 24.3 Å². The van der Waals surface area contributed by atoms with Crippen LogP contribution >= 0.6 is 12.4 Å². The summed E-state index contributed by atoms with van der Waals surface area (Å²) in [6, 6.07) is 14.5. The van der Waals surface area contributed by atoms with E-state index in [0.29, 0.717) is 18.9 Å². The number of nitrogens with two attached hydrogens (primary N) is 1. The zero-order valence-corrected chi connectivity index (χ0v) is 14.8. The van der Waals surface area contributed by atoms with E-state index in [1.807, 2.05) is 23.1 Å². The normalized spacial score (nSPS) is 20.1. The number of piperidine rings is 1. The summed E-state index contributed by atoms with van der Waals surface area (Å²) in [7, 11) is 0. The molecule has 1 aliphatic heterocycles. The maximum absolute atomic E-state index is 10.9. The molecule has 0 saturated carbocycles. The van der Waals surface area contributed by atoms with Crippen LogP contribution in [-0.2, 0) is 4.79 Å². The smallest absolute Gasteiger partial charge is 0.303 e. The molecule has 0 spiro atoms. The number of aliphatic carboxylic acids is 1. The third-order valence-corrected chi connectivity index (χ3v) is 4.97. The summed E-state index contributed by atoms with van der Waals surface area (Å²) in [5.41, 5.74) is 6.99. The van der Waals surface area contributed by atoms with E-state index in [9.17, 15) is 4.79 Å². The molecule has 134 valence electrons. The van der Waals surface area contributed by atoms with Gasteiger partial charge in [-0.2, -0.15) is 0 Å². The van der Waals surface area contributed by atoms with Crippen LogP contribution in [0.15, 0.2) is 42.5 Å². The highest BCUT2D eigenvalue weighted by Crippen LogP contribution is 2.38. The number of carboxylic acid groups (broad SMARTS) is 1. The Kier molecular flexibility index (Phi) is 6.26. The van der Waals surface area contributed by atoms with Gasteiger partial charge in [-0.3, -0.25) is 10.2 Å². The molecule has 1 fully saturated rings. The summed E-state index contributed by atoms with van der Waals surface area (Å²) in [4.78, 5) is 12.8. The highest BCUT2D eigenvalue weighted by atomic mass is 35.5. The van der Waals surface area contributed by atoms with Crippen molar-refractivity contribution in [2.24, 2.45) is 11.7 Å². The van der Waals surface area contributed by atoms with Crippen molar-refractivity contribution < 1.29 is 9.90 Å². The lowest BCUT2D eigenvalue weighted by Crippen LogP contribution is -2.44. The molecule has 0 aromatic heterocycles. The lowest BCUT2D eigenvalue weighted by molar-refractivity contribution is -0.137. The number of hydrogen-bond acceptors (Lipinski definition) is 2. The van der Waals surface area contributed by atoms with E-state index in [1.165, 1.54) is 16.3 Å². The maximum atomic E-state index is 10.9. The van der Waals surface area contributed by atoms with E-state index >= 15 is 0 Å². The van der Waals surface area contributed by atoms with Crippen LogP contribution in [0, 0.1) is 11.3 Å². The zero-order chi connectivity index (χ0) is 17.1. The van der Waals surface area contributed by atoms with Crippen molar-refractivity contribution in [3.05, 3.63) is 48.0 Å². The number of nitrogens with one attached hydrogen (secondary N) is 1. The van der Waals surface area contributed by atoms with Gasteiger partial charge in [-0.05, 0) is 41.5 Å². The Morgan fingerprint density at radius 2 is 1.96 bits per heavy atom. The molecule has 5 nitrogen and oxygen atoms in total. The molecule has 6 heteroatoms. The van der Waals surface area contributed by atoms with Gasteiger partial charge in [-0.25, -0.2) is 0 Å². The van der Waals surface area contributed by atoms with Gasteiger partial charge in [0.05, 0.1) is 6.04 Å². The Morgan fingerprint density at radius 3 is 2.68 bits per heavy atom. The highest BCUT2D eigenvalue weighted by molar-refractivity contribution is 5.87. The molecule has 1 saturated heterocycles. The second-order valence-electron chi connectivity index (χ2n) is 6.49. The van der Waals surface area contributed by atoms with E-state index in [0.717, 1.165) is 12.8 Å². The van der Waals surface area contributed by atoms with Crippen LogP contribution in [0.25, 0.3) is 10.8 Å². The van der Waals surface area contributed by atoms with Crippen LogP contribution in [-0.4, -0.2) is 28.5 Å². The molecule has 0 amide bonds. The lowest BCUT2D eigenvalue weighted by atomic mass is 9.83. The quantitative estimate of drug-likeness (QED) is 0.571. The number of nitrogens with zero attached hydrogens (tertiary/aromatic N) is 1. The van der Waals surface area contributed by atoms with Gasteiger partial charge in [0.25, 0.3) is 0 Å². The van der Waals surface area contributed by atoms with Crippen molar-refractivity contribution >= 4 is 35.1 Å². The predicted molar refractivity (Wildman–Crippen MR) is 102 cm³/mol. The van der Waals surface area contributed by atoms with Crippen molar-refractivity contribution in [3.63, 3.8) is 0 Å². The average Bonchev–Trinajstić information content (AvgIpc) is 2.59. The molecule has 0 radical (unpaired) electrons. The molecule has 4 N–H and O–H groups in total. The van der Waals surface area contributed by atoms with Crippen molar-refractivity contribution in [2.45, 2.75) is 31.7 Å². The Bertz CT molecular complexity index is 760. The molecule has 2 aromatic carbocycles. The number of fused-ring (bicyclic) bond motifs is 1. The van der Waals surface area contributed by atoms with Crippen LogP contribution in [0.5, 0.6) is 0 Å². The fourth-order valence-corrected chi connectivity index (χ4v) is 3.75. The van der Waals surface area contributed by atoms with Gasteiger partial charge in [-0.15, -0.1) is 12.4 Å². The summed E-state index contributed by atoms with van der Waals surface area (Å²) in [5.74, 6) is -0.309. The Morgan fingerprint density at radius 1 is 1.24 bits per heavy atom. The minimum Gasteiger partial charge on any atom is -0.481 e. The SMILES string of the molecule is Cl.N=C(N)N1CCC(CCC(=O)O)CC1c1cccc2ccccc12. The Balaban J connectivity index is 0.00000225. The molecule has 0 bridgehead atoms. The van der Waals surface area contributed by atoms with E-state index < -0.39 is 5.97 Å². The minimum atomic E-state index is -0.745. The van der Waals surface area contributed by atoms with Crippen molar-refractivity contribution in [1.82, 2.24) is 4.90 Å². The van der Waals surface area contributed by atoms with E-state index in [-0.39, 0.29) is 30.8 Å². The third-order valence-electron chi connectivity index (χ3n) is 4.97. The highest BCUT2D eigenvalue weighted by Gasteiger charge is 2.31. The number of guanidine groups is 1. The lowest BCUT2D eigenvalue weighted by Gasteiger charge is -2.40. The van der Waals surface area contributed by atoms with Crippen molar-refractivity contribution in [2.75, 3.05) is 6.54 Å². The van der Waals surface area contributed by atoms with E-state index in [1.54, 1.807) is 0 Å². The number of rotatable bonds is 4. The standard InChI is InChI=1S/C19H23N3O2.ClH/c20-19(21)22-11-10-13(8-9-18(23)24)12-17(22)16-7-3-5-14-4-1-2-6-15(14)16;/h1-7,13,17H,8-12H2,(H3,20,21)(H,23,24);1H. The number of halogens is 1. The van der Waals surface area contributed by atoms with Crippen LogP contribution in [0.4, 0.5) is 0 Å². The molecule has 2 aromatic rings. The molecule has 1 heterocycles. The topological polar surface area (TPSA) is 90.4 Å². The third kappa shape index (κ3) is 4.23. The Hall–Kier alpha value is -2.27. The van der Waals surface area contributed by atoms with Gasteiger partial charge in [0.2, 0.25) is 0 Å². The van der Waals surface area contributed by atoms with Gasteiger partial charge < -0.3 is 15.7 Å². The fraction of sp³-hybridized carbons (Fsp3) is 0.368. The van der Waals surface area contributed by atoms with Gasteiger partial charge in [0, 0.05) is 13.0 Å². The van der Waals surface area contributed by atoms with Crippen molar-refractivity contribution in [1.29, 1.82) is 5.41 Å². The molecule has 25 heavy (non-hydrogen) atoms. The fourth-order valence-electron chi connectivity index (χ4n) is 3.75. The van der Waals surface area contributed by atoms with Crippen LogP contribution in [0.2, 0.25) is 0 Å². The van der Waals surface area contributed by atoms with Gasteiger partial charge >= 0.3 is 5.97 Å². The molecule has 3 rings (SSSR count). The van der Waals surface area contributed by atoms with Gasteiger partial charge in [0.15, 0.2) is 5.96 Å². The summed E-state index contributed by atoms with van der Waals surface area (Å²) in [5, 5.41) is 19.2. The molecule has 2 unspecified atom stereocenters. The molecular formula is C19H24ClN3O2. The zero-order valence-electron chi connectivity index (χ0n) is 14.0. The predicted octanol–water partition coefficient (Wildman–Crippen LogP) is 3.77. The molecule has 2 atom stereocenters. The molecule has 1 aliphatic rings. The number of carbonyl (C=O) groups is 1. The van der Waals surface area contributed by atoms with Gasteiger partial charge in [0.1, 0.15) is 0 Å². The second kappa shape index (κ2) is 8.21. The van der Waals surface area contributed by atoms with Crippen LogP contribution in [0.3, 0.4) is 0 Å². The first-order valence-electron chi connectivity index (χ1n) is 8.36. The molecular weight excluding hydrogens is 338 g/mol. The van der Waals surface area contributed by atoms with Crippen LogP contribution < -0.4 is 5.73 Å². The number of hydrogen-bond donors (Lipinski definition) is 3. The summed E-state index contributed by atoms with van der Waals surface area (Å²) in [6.45, 7) is 0.702. The number of likely N-dealkylation sites (tertiary alicyclic amines) is 1. The van der Waals surface area contributed by atoms with Crippen LogP contribution in [0.1, 0.15) is 37.3 Å². The summed E-state index contributed by atoms with van der Waals surface area (Å²) >= 11 is 0. The maximum Gasteiger partial charge on any atom is 0.303 e. The van der Waals surface area contributed by atoms with E-state index in [4.69, 9.17) is 16.2 Å². The Labute approximate surface area is 153 Å². The first-order valence-corrected chi connectivity index (χ1v) is 8.36. The van der Waals surface area contributed by atoms with Crippen molar-refractivity contribution in [3.8, 4) is 0 Å². The summed E-state index contributed by atoms with van der Waals surface area (Å²) < 4.78 is 0. The average molecular weight is 362 g/mol. The monoisotopic (exact) mass is 361 g/mol. The first kappa shape index (κ1) is 19.1. The molecule has 0 aliphatic carbocycles.